The Morgan fingerprint density at radius 2 is 1.95 bits per heavy atom. The van der Waals surface area contributed by atoms with Gasteiger partial charge in [-0.05, 0) is 24.3 Å². The molecule has 7 nitrogen and oxygen atoms in total. The van der Waals surface area contributed by atoms with Crippen molar-refractivity contribution in [3.63, 3.8) is 0 Å². The number of rotatable bonds is 7. The summed E-state index contributed by atoms with van der Waals surface area (Å²) in [6.07, 6.45) is 0.208. The summed E-state index contributed by atoms with van der Waals surface area (Å²) in [6.45, 7) is -0.459. The van der Waals surface area contributed by atoms with Crippen molar-refractivity contribution in [2.24, 2.45) is 0 Å². The molecule has 0 atom stereocenters. The lowest BCUT2D eigenvalue weighted by Crippen LogP contribution is -2.30. The van der Waals surface area contributed by atoms with Gasteiger partial charge in [-0.15, -0.1) is 0 Å². The first-order valence-electron chi connectivity index (χ1n) is 5.89. The minimum absolute atomic E-state index is 0.208. The molecular weight excluding hydrogens is 262 g/mol. The summed E-state index contributed by atoms with van der Waals surface area (Å²) in [4.78, 5) is 22.5. The Hall–Kier alpha value is -2.75. The fourth-order valence-electron chi connectivity index (χ4n) is 1.20. The van der Waals surface area contributed by atoms with Crippen LogP contribution < -0.4 is 15.8 Å². The Kier molecular flexibility index (Phi) is 6.41. The Bertz CT molecular complexity index is 493. The number of hydrogen-bond acceptors (Lipinski definition) is 6. The standard InChI is InChI=1S/C13H15N3O4/c14-6-1-7-16-12(17)8-20-13(18)9-19-11-4-2-10(15)3-5-11/h2-5H,1,7-9,15H2,(H,16,17). The number of ether oxygens (including phenoxy) is 2. The van der Waals surface area contributed by atoms with Gasteiger partial charge in [-0.2, -0.15) is 5.26 Å². The zero-order chi connectivity index (χ0) is 14.8. The monoisotopic (exact) mass is 277 g/mol. The molecule has 3 N–H and O–H groups in total. The fourth-order valence-corrected chi connectivity index (χ4v) is 1.20. The van der Waals surface area contributed by atoms with Gasteiger partial charge in [0.2, 0.25) is 0 Å². The van der Waals surface area contributed by atoms with Crippen LogP contribution in [0.2, 0.25) is 0 Å². The highest BCUT2D eigenvalue weighted by atomic mass is 16.6. The number of esters is 1. The van der Waals surface area contributed by atoms with Crippen LogP contribution in [0.25, 0.3) is 0 Å². The van der Waals surface area contributed by atoms with Crippen molar-refractivity contribution in [2.45, 2.75) is 6.42 Å². The van der Waals surface area contributed by atoms with Crippen LogP contribution in [0.5, 0.6) is 5.75 Å². The van der Waals surface area contributed by atoms with Crippen molar-refractivity contribution in [3.05, 3.63) is 24.3 Å². The van der Waals surface area contributed by atoms with E-state index in [1.54, 1.807) is 24.3 Å². The highest BCUT2D eigenvalue weighted by Gasteiger charge is 2.08. The van der Waals surface area contributed by atoms with Crippen molar-refractivity contribution in [3.8, 4) is 11.8 Å². The Morgan fingerprint density at radius 1 is 1.25 bits per heavy atom. The Morgan fingerprint density at radius 3 is 2.60 bits per heavy atom. The van der Waals surface area contributed by atoms with Crippen LogP contribution in [0.4, 0.5) is 5.69 Å². The third-order valence-electron chi connectivity index (χ3n) is 2.16. The predicted molar refractivity (Wildman–Crippen MR) is 70.5 cm³/mol. The van der Waals surface area contributed by atoms with Crippen LogP contribution in [0.15, 0.2) is 24.3 Å². The molecule has 0 aromatic heterocycles. The minimum atomic E-state index is -0.655. The topological polar surface area (TPSA) is 114 Å². The molecular formula is C13H15N3O4. The number of benzene rings is 1. The van der Waals surface area contributed by atoms with Crippen molar-refractivity contribution in [2.75, 3.05) is 25.5 Å². The van der Waals surface area contributed by atoms with Crippen molar-refractivity contribution < 1.29 is 19.1 Å². The molecule has 0 spiro atoms. The summed E-state index contributed by atoms with van der Waals surface area (Å²) >= 11 is 0. The lowest BCUT2D eigenvalue weighted by molar-refractivity contribution is -0.150. The number of carbonyl (C=O) groups is 2. The summed E-state index contributed by atoms with van der Waals surface area (Å²) in [5, 5.41) is 10.7. The molecule has 106 valence electrons. The zero-order valence-electron chi connectivity index (χ0n) is 10.8. The molecule has 0 fully saturated rings. The van der Waals surface area contributed by atoms with Crippen LogP contribution in [-0.4, -0.2) is 31.6 Å². The second-order valence-corrected chi connectivity index (χ2v) is 3.78. The normalized spacial score (nSPS) is 9.35. The van der Waals surface area contributed by atoms with Crippen LogP contribution in [0.3, 0.4) is 0 Å². The first-order valence-corrected chi connectivity index (χ1v) is 5.89. The van der Waals surface area contributed by atoms with Gasteiger partial charge in [0.1, 0.15) is 5.75 Å². The third-order valence-corrected chi connectivity index (χ3v) is 2.16. The highest BCUT2D eigenvalue weighted by molar-refractivity contribution is 5.80. The minimum Gasteiger partial charge on any atom is -0.482 e. The molecule has 0 heterocycles. The molecule has 0 bridgehead atoms. The number of nitrogens with one attached hydrogen (secondary N) is 1. The van der Waals surface area contributed by atoms with E-state index in [1.165, 1.54) is 0 Å². The van der Waals surface area contributed by atoms with E-state index in [0.29, 0.717) is 11.4 Å². The van der Waals surface area contributed by atoms with Gasteiger partial charge in [0.25, 0.3) is 5.91 Å². The molecule has 0 aliphatic rings. The third kappa shape index (κ3) is 6.26. The smallest absolute Gasteiger partial charge is 0.344 e. The van der Waals surface area contributed by atoms with Crippen molar-refractivity contribution in [1.82, 2.24) is 5.32 Å². The molecule has 1 rings (SSSR count). The van der Waals surface area contributed by atoms with Gasteiger partial charge in [-0.25, -0.2) is 4.79 Å². The maximum Gasteiger partial charge on any atom is 0.344 e. The van der Waals surface area contributed by atoms with Gasteiger partial charge in [0, 0.05) is 12.2 Å². The molecule has 1 amide bonds. The summed E-state index contributed by atoms with van der Waals surface area (Å²) < 4.78 is 9.85. The summed E-state index contributed by atoms with van der Waals surface area (Å²) in [6, 6.07) is 8.41. The number of anilines is 1. The van der Waals surface area contributed by atoms with Crippen LogP contribution in [0, 0.1) is 11.3 Å². The number of nitriles is 1. The highest BCUT2D eigenvalue weighted by Crippen LogP contribution is 2.12. The second kappa shape index (κ2) is 8.37. The van der Waals surface area contributed by atoms with E-state index >= 15 is 0 Å². The average molecular weight is 277 g/mol. The number of nitrogens with two attached hydrogens (primary N) is 1. The number of carbonyl (C=O) groups excluding carboxylic acids is 2. The van der Waals surface area contributed by atoms with Gasteiger partial charge >= 0.3 is 5.97 Å². The summed E-state index contributed by atoms with van der Waals surface area (Å²) in [7, 11) is 0. The first-order chi connectivity index (χ1) is 9.61. The largest absolute Gasteiger partial charge is 0.482 e. The maximum atomic E-state index is 11.3. The van der Waals surface area contributed by atoms with Gasteiger partial charge in [-0.3, -0.25) is 4.79 Å². The van der Waals surface area contributed by atoms with E-state index in [2.05, 4.69) is 5.32 Å². The average Bonchev–Trinajstić information content (AvgIpc) is 2.45. The van der Waals surface area contributed by atoms with E-state index in [9.17, 15) is 9.59 Å². The molecule has 0 radical (unpaired) electrons. The van der Waals surface area contributed by atoms with E-state index in [-0.39, 0.29) is 19.6 Å². The van der Waals surface area contributed by atoms with Crippen molar-refractivity contribution in [1.29, 1.82) is 5.26 Å². The molecule has 0 aliphatic carbocycles. The zero-order valence-corrected chi connectivity index (χ0v) is 10.8. The predicted octanol–water partition coefficient (Wildman–Crippen LogP) is 0.221. The van der Waals surface area contributed by atoms with Crippen molar-refractivity contribution >= 4 is 17.6 Å². The Labute approximate surface area is 116 Å². The molecule has 7 heteroatoms. The maximum absolute atomic E-state index is 11.3. The van der Waals surface area contributed by atoms with Crippen LogP contribution in [-0.2, 0) is 14.3 Å². The number of nitrogens with zero attached hydrogens (tertiary/aromatic N) is 1. The van der Waals surface area contributed by atoms with Gasteiger partial charge < -0.3 is 20.5 Å². The van der Waals surface area contributed by atoms with Gasteiger partial charge in [0.15, 0.2) is 13.2 Å². The lowest BCUT2D eigenvalue weighted by Gasteiger charge is -2.07. The molecule has 0 unspecified atom stereocenters. The van der Waals surface area contributed by atoms with Gasteiger partial charge in [-0.1, -0.05) is 0 Å². The lowest BCUT2D eigenvalue weighted by atomic mass is 10.3. The molecule has 0 saturated heterocycles. The SMILES string of the molecule is N#CCCNC(=O)COC(=O)COc1ccc(N)cc1. The molecule has 20 heavy (non-hydrogen) atoms. The van der Waals surface area contributed by atoms with Crippen LogP contribution >= 0.6 is 0 Å². The van der Waals surface area contributed by atoms with Gasteiger partial charge in [0.05, 0.1) is 12.5 Å². The molecule has 0 saturated carbocycles. The molecule has 1 aromatic rings. The summed E-state index contributed by atoms with van der Waals surface area (Å²) in [5.74, 6) is -0.632. The van der Waals surface area contributed by atoms with E-state index in [0.717, 1.165) is 0 Å². The fraction of sp³-hybridized carbons (Fsp3) is 0.308. The van der Waals surface area contributed by atoms with Crippen LogP contribution in [0.1, 0.15) is 6.42 Å². The quantitative estimate of drug-likeness (QED) is 0.418. The van der Waals surface area contributed by atoms with E-state index in [4.69, 9.17) is 20.5 Å². The van der Waals surface area contributed by atoms with E-state index in [1.807, 2.05) is 6.07 Å². The first kappa shape index (κ1) is 15.3. The number of nitrogen functional groups attached to an aromatic ring is 1. The second-order valence-electron chi connectivity index (χ2n) is 3.78. The summed E-state index contributed by atoms with van der Waals surface area (Å²) in [5.41, 5.74) is 6.09. The number of amides is 1. The molecule has 0 aliphatic heterocycles. The van der Waals surface area contributed by atoms with E-state index < -0.39 is 18.5 Å². The number of hydrogen-bond donors (Lipinski definition) is 2. The Balaban J connectivity index is 2.19. The molecule has 1 aromatic carbocycles.